The number of hydrogen-bond acceptors (Lipinski definition) is 3. The Morgan fingerprint density at radius 1 is 1.21 bits per heavy atom. The van der Waals surface area contributed by atoms with Gasteiger partial charge in [0.25, 0.3) is 0 Å². The highest BCUT2D eigenvalue weighted by molar-refractivity contribution is 7.99. The summed E-state index contributed by atoms with van der Waals surface area (Å²) in [6, 6.07) is 0.779. The summed E-state index contributed by atoms with van der Waals surface area (Å²) in [6.07, 6.45) is 7.11. The average molecular weight is 282 g/mol. The lowest BCUT2D eigenvalue weighted by molar-refractivity contribution is 0.0580. The SMILES string of the molecule is CCC1CNC(C)(C2CC2)CN1CC1CCSCC1. The van der Waals surface area contributed by atoms with Gasteiger partial charge in [-0.15, -0.1) is 0 Å². The molecule has 2 saturated heterocycles. The Morgan fingerprint density at radius 3 is 2.58 bits per heavy atom. The molecule has 3 heteroatoms. The normalized spacial score (nSPS) is 38.5. The second kappa shape index (κ2) is 5.95. The first-order valence-corrected chi connectivity index (χ1v) is 9.43. The van der Waals surface area contributed by atoms with Crippen molar-refractivity contribution < 1.29 is 0 Å². The molecule has 0 spiro atoms. The molecule has 1 aliphatic carbocycles. The van der Waals surface area contributed by atoms with Crippen molar-refractivity contribution in [1.82, 2.24) is 10.2 Å². The van der Waals surface area contributed by atoms with Crippen molar-refractivity contribution in [2.75, 3.05) is 31.1 Å². The first kappa shape index (κ1) is 14.2. The Morgan fingerprint density at radius 2 is 1.95 bits per heavy atom. The molecule has 0 radical (unpaired) electrons. The summed E-state index contributed by atoms with van der Waals surface area (Å²) >= 11 is 2.15. The van der Waals surface area contributed by atoms with Crippen LogP contribution in [-0.4, -0.2) is 47.6 Å². The van der Waals surface area contributed by atoms with E-state index in [2.05, 4.69) is 35.8 Å². The van der Waals surface area contributed by atoms with E-state index in [9.17, 15) is 0 Å². The molecule has 2 heterocycles. The molecule has 2 atom stereocenters. The van der Waals surface area contributed by atoms with E-state index in [-0.39, 0.29) is 0 Å². The van der Waals surface area contributed by atoms with Gasteiger partial charge in [-0.2, -0.15) is 11.8 Å². The summed E-state index contributed by atoms with van der Waals surface area (Å²) in [4.78, 5) is 2.84. The molecule has 2 aliphatic heterocycles. The van der Waals surface area contributed by atoms with Gasteiger partial charge in [-0.3, -0.25) is 4.90 Å². The summed E-state index contributed by atoms with van der Waals surface area (Å²) in [7, 11) is 0. The Bertz CT molecular complexity index is 299. The van der Waals surface area contributed by atoms with Gasteiger partial charge in [-0.1, -0.05) is 6.92 Å². The number of piperazine rings is 1. The number of thioether (sulfide) groups is 1. The number of nitrogens with one attached hydrogen (secondary N) is 1. The topological polar surface area (TPSA) is 15.3 Å². The molecular formula is C16H30N2S. The summed E-state index contributed by atoms with van der Waals surface area (Å²) in [6.45, 7) is 8.70. The van der Waals surface area contributed by atoms with E-state index in [1.165, 1.54) is 63.2 Å². The number of rotatable bonds is 4. The molecule has 2 unspecified atom stereocenters. The van der Waals surface area contributed by atoms with Gasteiger partial charge >= 0.3 is 0 Å². The van der Waals surface area contributed by atoms with Crippen molar-refractivity contribution in [3.8, 4) is 0 Å². The highest BCUT2D eigenvalue weighted by Gasteiger charge is 2.45. The lowest BCUT2D eigenvalue weighted by Crippen LogP contribution is -2.64. The van der Waals surface area contributed by atoms with Gasteiger partial charge in [0, 0.05) is 31.2 Å². The predicted molar refractivity (Wildman–Crippen MR) is 84.8 cm³/mol. The van der Waals surface area contributed by atoms with Crippen LogP contribution in [0.5, 0.6) is 0 Å². The third-order valence-corrected chi connectivity index (χ3v) is 6.62. The van der Waals surface area contributed by atoms with E-state index in [0.717, 1.165) is 17.9 Å². The monoisotopic (exact) mass is 282 g/mol. The van der Waals surface area contributed by atoms with Crippen LogP contribution < -0.4 is 5.32 Å². The van der Waals surface area contributed by atoms with Gasteiger partial charge in [0.1, 0.15) is 0 Å². The molecule has 0 bridgehead atoms. The number of hydrogen-bond donors (Lipinski definition) is 1. The molecule has 0 aromatic heterocycles. The van der Waals surface area contributed by atoms with Crippen LogP contribution in [0.25, 0.3) is 0 Å². The second-order valence-corrected chi connectivity index (χ2v) is 8.34. The van der Waals surface area contributed by atoms with Crippen LogP contribution in [0.3, 0.4) is 0 Å². The van der Waals surface area contributed by atoms with Gasteiger partial charge in [0.05, 0.1) is 0 Å². The molecule has 2 nitrogen and oxygen atoms in total. The maximum atomic E-state index is 3.88. The molecule has 110 valence electrons. The molecule has 0 amide bonds. The van der Waals surface area contributed by atoms with Crippen LogP contribution in [-0.2, 0) is 0 Å². The summed E-state index contributed by atoms with van der Waals surface area (Å²) in [5.41, 5.74) is 0.412. The molecule has 1 N–H and O–H groups in total. The van der Waals surface area contributed by atoms with E-state index in [4.69, 9.17) is 0 Å². The third-order valence-electron chi connectivity index (χ3n) is 5.57. The minimum atomic E-state index is 0.412. The van der Waals surface area contributed by atoms with E-state index in [0.29, 0.717) is 5.54 Å². The Kier molecular flexibility index (Phi) is 4.45. The molecule has 3 rings (SSSR count). The minimum Gasteiger partial charge on any atom is -0.308 e. The van der Waals surface area contributed by atoms with Crippen LogP contribution in [0, 0.1) is 11.8 Å². The summed E-state index contributed by atoms with van der Waals surface area (Å²) < 4.78 is 0. The van der Waals surface area contributed by atoms with E-state index >= 15 is 0 Å². The quantitative estimate of drug-likeness (QED) is 0.853. The standard InChI is InChI=1S/C16H30N2S/c1-3-15-10-17-16(2,14-4-5-14)12-18(15)11-13-6-8-19-9-7-13/h13-15,17H,3-12H2,1-2H3. The van der Waals surface area contributed by atoms with E-state index in [1.54, 1.807) is 0 Å². The predicted octanol–water partition coefficient (Wildman–Crippen LogP) is 2.98. The Labute approximate surface area is 123 Å². The first-order chi connectivity index (χ1) is 9.21. The van der Waals surface area contributed by atoms with Crippen LogP contribution in [0.4, 0.5) is 0 Å². The fourth-order valence-electron chi connectivity index (χ4n) is 3.96. The highest BCUT2D eigenvalue weighted by Crippen LogP contribution is 2.41. The van der Waals surface area contributed by atoms with Crippen LogP contribution in [0.2, 0.25) is 0 Å². The van der Waals surface area contributed by atoms with Crippen molar-refractivity contribution in [1.29, 1.82) is 0 Å². The molecular weight excluding hydrogens is 252 g/mol. The number of nitrogens with zero attached hydrogens (tertiary/aromatic N) is 1. The second-order valence-electron chi connectivity index (χ2n) is 7.12. The summed E-state index contributed by atoms with van der Waals surface area (Å²) in [5, 5.41) is 3.88. The molecule has 0 aromatic carbocycles. The van der Waals surface area contributed by atoms with Crippen LogP contribution in [0.15, 0.2) is 0 Å². The van der Waals surface area contributed by atoms with Crippen molar-refractivity contribution in [2.24, 2.45) is 11.8 Å². The molecule has 3 fully saturated rings. The van der Waals surface area contributed by atoms with Gasteiger partial charge in [-0.05, 0) is 62.4 Å². The maximum Gasteiger partial charge on any atom is 0.0309 e. The fraction of sp³-hybridized carbons (Fsp3) is 1.00. The zero-order chi connectivity index (χ0) is 13.3. The maximum absolute atomic E-state index is 3.88. The van der Waals surface area contributed by atoms with Gasteiger partial charge in [0.15, 0.2) is 0 Å². The van der Waals surface area contributed by atoms with Gasteiger partial charge in [-0.25, -0.2) is 0 Å². The van der Waals surface area contributed by atoms with Crippen molar-refractivity contribution in [2.45, 2.75) is 57.5 Å². The Hall–Kier alpha value is 0.270. The van der Waals surface area contributed by atoms with Crippen molar-refractivity contribution in [3.63, 3.8) is 0 Å². The highest BCUT2D eigenvalue weighted by atomic mass is 32.2. The van der Waals surface area contributed by atoms with Crippen LogP contribution >= 0.6 is 11.8 Å². The zero-order valence-electron chi connectivity index (χ0n) is 12.7. The van der Waals surface area contributed by atoms with Crippen molar-refractivity contribution >= 4 is 11.8 Å². The van der Waals surface area contributed by atoms with E-state index in [1.807, 2.05) is 0 Å². The molecule has 19 heavy (non-hydrogen) atoms. The lowest BCUT2D eigenvalue weighted by Gasteiger charge is -2.48. The zero-order valence-corrected chi connectivity index (χ0v) is 13.5. The van der Waals surface area contributed by atoms with Gasteiger partial charge in [0.2, 0.25) is 0 Å². The average Bonchev–Trinajstić information content (AvgIpc) is 3.25. The molecule has 0 aromatic rings. The fourth-order valence-corrected chi connectivity index (χ4v) is 5.16. The molecule has 3 aliphatic rings. The Balaban J connectivity index is 1.61. The third kappa shape index (κ3) is 3.30. The van der Waals surface area contributed by atoms with E-state index < -0.39 is 0 Å². The van der Waals surface area contributed by atoms with Gasteiger partial charge < -0.3 is 5.32 Å². The van der Waals surface area contributed by atoms with Crippen LogP contribution in [0.1, 0.15) is 46.0 Å². The largest absolute Gasteiger partial charge is 0.308 e. The molecule has 1 saturated carbocycles. The smallest absolute Gasteiger partial charge is 0.0309 e. The van der Waals surface area contributed by atoms with Crippen molar-refractivity contribution in [3.05, 3.63) is 0 Å². The first-order valence-electron chi connectivity index (χ1n) is 8.28. The lowest BCUT2D eigenvalue weighted by atomic mass is 9.89. The summed E-state index contributed by atoms with van der Waals surface area (Å²) in [5.74, 6) is 4.72. The minimum absolute atomic E-state index is 0.412.